The van der Waals surface area contributed by atoms with Crippen molar-refractivity contribution in [3.05, 3.63) is 102 Å². The maximum absolute atomic E-state index is 13.1. The monoisotopic (exact) mass is 291 g/mol. The smallest absolute Gasteiger partial charge is 0.116 e. The molecular weight excluding hydrogens is 275 g/mol. The van der Waals surface area contributed by atoms with Crippen LogP contribution in [0.2, 0.25) is 0 Å². The van der Waals surface area contributed by atoms with E-state index in [1.165, 1.54) is 0 Å². The van der Waals surface area contributed by atoms with Crippen LogP contribution in [0.5, 0.6) is 0 Å². The van der Waals surface area contributed by atoms with Crippen LogP contribution in [0, 0.1) is 0 Å². The van der Waals surface area contributed by atoms with Gasteiger partial charge < -0.3 is 0 Å². The summed E-state index contributed by atoms with van der Waals surface area (Å²) < 4.78 is 13.1. The van der Waals surface area contributed by atoms with Crippen LogP contribution in [-0.4, -0.2) is 0 Å². The van der Waals surface area contributed by atoms with Gasteiger partial charge in [0.25, 0.3) is 0 Å². The number of rotatable bonds is 4. The molecule has 0 saturated heterocycles. The summed E-state index contributed by atoms with van der Waals surface area (Å²) in [6.07, 6.45) is 0. The molecule has 0 aliphatic carbocycles. The Morgan fingerprint density at radius 3 is 1.38 bits per heavy atom. The molecule has 0 amide bonds. The predicted molar refractivity (Wildman–Crippen MR) is 88.4 cm³/mol. The van der Waals surface area contributed by atoms with E-state index in [4.69, 9.17) is 0 Å². The van der Waals surface area contributed by atoms with Crippen molar-refractivity contribution in [1.82, 2.24) is 0 Å². The lowest BCUT2D eigenvalue weighted by Gasteiger charge is -2.17. The largest absolute Gasteiger partial charge is 0.281 e. The third-order valence-corrected chi connectivity index (χ3v) is 5.35. The van der Waals surface area contributed by atoms with Gasteiger partial charge in [0.2, 0.25) is 0 Å². The second kappa shape index (κ2) is 6.47. The fraction of sp³-hybridized carbons (Fsp3) is 0.0526. The highest BCUT2D eigenvalue weighted by molar-refractivity contribution is 7.54. The van der Waals surface area contributed by atoms with Crippen LogP contribution >= 0.6 is 7.80 Å². The molecule has 0 aliphatic heterocycles. The van der Waals surface area contributed by atoms with Crippen LogP contribution in [0.25, 0.3) is 0 Å². The van der Waals surface area contributed by atoms with Crippen molar-refractivity contribution in [3.63, 3.8) is 0 Å². The number of benzene rings is 3. The molecule has 1 nitrogen and oxygen atoms in total. The van der Waals surface area contributed by atoms with Gasteiger partial charge in [0.15, 0.2) is 0 Å². The zero-order valence-electron chi connectivity index (χ0n) is 11.6. The highest BCUT2D eigenvalue weighted by Gasteiger charge is 2.22. The fourth-order valence-electron chi connectivity index (χ4n) is 2.46. The normalized spacial score (nSPS) is 11.4. The van der Waals surface area contributed by atoms with Gasteiger partial charge in [0, 0.05) is 5.30 Å². The van der Waals surface area contributed by atoms with Crippen LogP contribution in [0.15, 0.2) is 91.0 Å². The lowest BCUT2D eigenvalue weighted by atomic mass is 10.0. The summed E-state index contributed by atoms with van der Waals surface area (Å²) in [4.78, 5) is 0. The summed E-state index contributed by atoms with van der Waals surface area (Å²) >= 11 is 0. The van der Waals surface area contributed by atoms with Crippen molar-refractivity contribution < 1.29 is 4.57 Å². The molecule has 0 bridgehead atoms. The molecule has 0 fully saturated rings. The Morgan fingerprint density at radius 1 is 0.571 bits per heavy atom. The third-order valence-electron chi connectivity index (χ3n) is 3.48. The van der Waals surface area contributed by atoms with Gasteiger partial charge in [-0.1, -0.05) is 78.9 Å². The van der Waals surface area contributed by atoms with Crippen molar-refractivity contribution in [1.29, 1.82) is 0 Å². The summed E-state index contributed by atoms with van der Waals surface area (Å²) in [5.41, 5.74) is 2.08. The van der Waals surface area contributed by atoms with Crippen molar-refractivity contribution >= 4 is 13.1 Å². The summed E-state index contributed by atoms with van der Waals surface area (Å²) in [6, 6.07) is 29.9. The molecule has 3 aromatic rings. The first-order valence-corrected chi connectivity index (χ1v) is 8.30. The van der Waals surface area contributed by atoms with E-state index in [-0.39, 0.29) is 5.66 Å². The van der Waals surface area contributed by atoms with Crippen molar-refractivity contribution in [2.24, 2.45) is 0 Å². The van der Waals surface area contributed by atoms with Crippen LogP contribution in [0.4, 0.5) is 0 Å². The van der Waals surface area contributed by atoms with E-state index in [1.54, 1.807) is 0 Å². The summed E-state index contributed by atoms with van der Waals surface area (Å²) in [7, 11) is -1.54. The van der Waals surface area contributed by atoms with Gasteiger partial charge >= 0.3 is 0 Å². The van der Waals surface area contributed by atoms with E-state index in [9.17, 15) is 4.57 Å². The van der Waals surface area contributed by atoms with Gasteiger partial charge in [-0.3, -0.25) is 4.57 Å². The van der Waals surface area contributed by atoms with Gasteiger partial charge in [0.05, 0.1) is 5.66 Å². The van der Waals surface area contributed by atoms with Crippen molar-refractivity contribution in [3.8, 4) is 0 Å². The Balaban J connectivity index is 2.07. The molecule has 1 radical (unpaired) electrons. The van der Waals surface area contributed by atoms with Crippen molar-refractivity contribution in [2.45, 2.75) is 5.66 Å². The SMILES string of the molecule is O=[P](c1ccccc1)C(c1ccccc1)c1ccccc1. The first kappa shape index (κ1) is 13.7. The Morgan fingerprint density at radius 2 is 0.952 bits per heavy atom. The molecule has 1 unspecified atom stereocenters. The van der Waals surface area contributed by atoms with E-state index in [2.05, 4.69) is 0 Å². The van der Waals surface area contributed by atoms with Crippen LogP contribution in [0.1, 0.15) is 16.8 Å². The van der Waals surface area contributed by atoms with E-state index in [1.807, 2.05) is 91.0 Å². The zero-order chi connectivity index (χ0) is 14.5. The summed E-state index contributed by atoms with van der Waals surface area (Å²) in [5.74, 6) is 0. The summed E-state index contributed by atoms with van der Waals surface area (Å²) in [6.45, 7) is 0. The van der Waals surface area contributed by atoms with Crippen molar-refractivity contribution in [2.75, 3.05) is 0 Å². The third kappa shape index (κ3) is 3.09. The molecule has 2 heteroatoms. The molecule has 3 rings (SSSR count). The molecular formula is C19H16OP. The van der Waals surface area contributed by atoms with E-state index < -0.39 is 7.80 Å². The second-order valence-corrected chi connectivity index (χ2v) is 6.57. The minimum Gasteiger partial charge on any atom is -0.281 e. The van der Waals surface area contributed by atoms with Gasteiger partial charge in [-0.15, -0.1) is 0 Å². The molecule has 0 aliphatic rings. The Hall–Kier alpha value is -2.24. The summed E-state index contributed by atoms with van der Waals surface area (Å²) in [5, 5.41) is 0.894. The quantitative estimate of drug-likeness (QED) is 0.623. The lowest BCUT2D eigenvalue weighted by Crippen LogP contribution is -2.04. The van der Waals surface area contributed by atoms with Crippen LogP contribution in [0.3, 0.4) is 0 Å². The lowest BCUT2D eigenvalue weighted by molar-refractivity contribution is 0.589. The van der Waals surface area contributed by atoms with E-state index in [0.717, 1.165) is 16.4 Å². The number of hydrogen-bond acceptors (Lipinski definition) is 1. The minimum atomic E-state index is -1.54. The average molecular weight is 291 g/mol. The second-order valence-electron chi connectivity index (χ2n) is 4.89. The zero-order valence-corrected chi connectivity index (χ0v) is 12.5. The Bertz CT molecular complexity index is 669. The molecule has 3 aromatic carbocycles. The highest BCUT2D eigenvalue weighted by atomic mass is 31.1. The fourth-order valence-corrected chi connectivity index (χ4v) is 4.11. The van der Waals surface area contributed by atoms with Crippen LogP contribution in [-0.2, 0) is 4.57 Å². The standard InChI is InChI=1S/C19H16OP/c20-21(18-14-8-3-9-15-18)19(16-10-4-1-5-11-16)17-12-6-2-7-13-17/h1-15,19H. The molecule has 0 saturated carbocycles. The van der Waals surface area contributed by atoms with Gasteiger partial charge in [0.1, 0.15) is 7.80 Å². The number of hydrogen-bond donors (Lipinski definition) is 0. The van der Waals surface area contributed by atoms with Gasteiger partial charge in [-0.25, -0.2) is 0 Å². The van der Waals surface area contributed by atoms with Gasteiger partial charge in [-0.2, -0.15) is 0 Å². The first-order valence-electron chi connectivity index (χ1n) is 6.97. The molecule has 0 spiro atoms. The maximum atomic E-state index is 13.1. The van der Waals surface area contributed by atoms with E-state index >= 15 is 0 Å². The molecule has 0 aromatic heterocycles. The van der Waals surface area contributed by atoms with Gasteiger partial charge in [-0.05, 0) is 23.3 Å². The molecule has 103 valence electrons. The van der Waals surface area contributed by atoms with E-state index in [0.29, 0.717) is 0 Å². The average Bonchev–Trinajstić information content (AvgIpc) is 2.58. The topological polar surface area (TPSA) is 17.1 Å². The molecule has 21 heavy (non-hydrogen) atoms. The maximum Gasteiger partial charge on any atom is 0.116 e. The molecule has 0 N–H and O–H groups in total. The minimum absolute atomic E-state index is 0.107. The van der Waals surface area contributed by atoms with Crippen LogP contribution < -0.4 is 5.30 Å². The molecule has 0 heterocycles. The molecule has 1 atom stereocenters. The Labute approximate surface area is 126 Å². The highest BCUT2D eigenvalue weighted by Crippen LogP contribution is 2.45. The first-order chi connectivity index (χ1) is 10.4. The predicted octanol–water partition coefficient (Wildman–Crippen LogP) is 4.93. The Kier molecular flexibility index (Phi) is 4.23.